The number of hydrogen-bond donors (Lipinski definition) is 1. The van der Waals surface area contributed by atoms with Gasteiger partial charge in [-0.05, 0) is 35.7 Å². The van der Waals surface area contributed by atoms with E-state index in [-0.39, 0.29) is 17.9 Å². The Kier molecular flexibility index (Phi) is 8.50. The number of hydrogen-bond acceptors (Lipinski definition) is 8. The van der Waals surface area contributed by atoms with Gasteiger partial charge in [0.15, 0.2) is 23.7 Å². The average Bonchev–Trinajstić information content (AvgIpc) is 2.84. The zero-order valence-electron chi connectivity index (χ0n) is 18.8. The molecule has 3 rings (SSSR count). The molecule has 3 aromatic rings. The van der Waals surface area contributed by atoms with Crippen molar-refractivity contribution in [3.8, 4) is 11.5 Å². The molecular weight excluding hydrogens is 438 g/mol. The number of esters is 3. The van der Waals surface area contributed by atoms with Crippen molar-refractivity contribution in [2.75, 3.05) is 0 Å². The molecule has 1 unspecified atom stereocenters. The lowest BCUT2D eigenvalue weighted by Crippen LogP contribution is -2.28. The second kappa shape index (κ2) is 11.7. The molecule has 0 aliphatic heterocycles. The highest BCUT2D eigenvalue weighted by molar-refractivity contribution is 5.79. The van der Waals surface area contributed by atoms with E-state index in [1.54, 1.807) is 6.07 Å². The molecule has 0 spiro atoms. The fourth-order valence-corrected chi connectivity index (χ4v) is 3.15. The molecule has 0 heterocycles. The summed E-state index contributed by atoms with van der Waals surface area (Å²) in [5.74, 6) is 3.12. The maximum Gasteiger partial charge on any atom is 0.342 e. The highest BCUT2D eigenvalue weighted by Gasteiger charge is 2.21. The largest absolute Gasteiger partial charge is 0.452 e. The third kappa shape index (κ3) is 6.74. The normalized spacial score (nSPS) is 11.5. The minimum atomic E-state index is -1.02. The third-order valence-electron chi connectivity index (χ3n) is 4.81. The first-order valence-corrected chi connectivity index (χ1v) is 10.5. The minimum Gasteiger partial charge on any atom is -0.452 e. The lowest BCUT2D eigenvalue weighted by molar-refractivity contribution is -0.147. The lowest BCUT2D eigenvalue weighted by atomic mass is 10.0. The molecule has 0 aliphatic carbocycles. The van der Waals surface area contributed by atoms with Crippen LogP contribution in [0.3, 0.4) is 0 Å². The van der Waals surface area contributed by atoms with Crippen molar-refractivity contribution in [2.45, 2.75) is 32.5 Å². The van der Waals surface area contributed by atoms with Gasteiger partial charge >= 0.3 is 17.9 Å². The molecule has 0 saturated heterocycles. The van der Waals surface area contributed by atoms with Crippen LogP contribution in [-0.2, 0) is 30.4 Å². The summed E-state index contributed by atoms with van der Waals surface area (Å²) >= 11 is 0. The van der Waals surface area contributed by atoms with Gasteiger partial charge in [0.1, 0.15) is 0 Å². The van der Waals surface area contributed by atoms with Crippen LogP contribution in [0, 0.1) is 0 Å². The molecule has 176 valence electrons. The summed E-state index contributed by atoms with van der Waals surface area (Å²) in [6.45, 7) is 2.62. The third-order valence-corrected chi connectivity index (χ3v) is 4.81. The van der Waals surface area contributed by atoms with E-state index >= 15 is 0 Å². The first-order valence-electron chi connectivity index (χ1n) is 10.5. The van der Waals surface area contributed by atoms with Gasteiger partial charge in [-0.2, -0.15) is 0 Å². The van der Waals surface area contributed by atoms with Crippen LogP contribution in [-0.4, -0.2) is 24.0 Å². The maximum absolute atomic E-state index is 12.8. The number of rotatable bonds is 9. The number of ether oxygens (including phenoxy) is 3. The topological polar surface area (TPSA) is 114 Å². The SMILES string of the molecule is CC(=O)Oc1cc(CC(=O)OC(c2ccccc2)c2ccccc2)ccc1OC(=O)C(C)ON. The summed E-state index contributed by atoms with van der Waals surface area (Å²) in [6.07, 6.45) is -1.70. The van der Waals surface area contributed by atoms with E-state index in [0.717, 1.165) is 11.1 Å². The Morgan fingerprint density at radius 2 is 1.41 bits per heavy atom. The van der Waals surface area contributed by atoms with E-state index in [4.69, 9.17) is 20.1 Å². The molecule has 0 aromatic heterocycles. The smallest absolute Gasteiger partial charge is 0.342 e. The molecule has 8 nitrogen and oxygen atoms in total. The second-order valence-corrected chi connectivity index (χ2v) is 7.44. The van der Waals surface area contributed by atoms with Crippen LogP contribution < -0.4 is 15.4 Å². The first kappa shape index (κ1) is 24.6. The van der Waals surface area contributed by atoms with Crippen LogP contribution in [0.25, 0.3) is 0 Å². The molecule has 0 bridgehead atoms. The summed E-state index contributed by atoms with van der Waals surface area (Å²) in [7, 11) is 0. The fraction of sp³-hybridized carbons (Fsp3) is 0.192. The Balaban J connectivity index is 1.79. The van der Waals surface area contributed by atoms with Crippen LogP contribution in [0.2, 0.25) is 0 Å². The minimum absolute atomic E-state index is 0.00679. The molecule has 1 atom stereocenters. The van der Waals surface area contributed by atoms with Gasteiger partial charge in [0, 0.05) is 6.92 Å². The lowest BCUT2D eigenvalue weighted by Gasteiger charge is -2.19. The summed E-state index contributed by atoms with van der Waals surface area (Å²) in [6, 6.07) is 23.3. The summed E-state index contributed by atoms with van der Waals surface area (Å²) in [5.41, 5.74) is 2.17. The van der Waals surface area contributed by atoms with E-state index in [2.05, 4.69) is 4.84 Å². The van der Waals surface area contributed by atoms with Crippen molar-refractivity contribution in [3.63, 3.8) is 0 Å². The van der Waals surface area contributed by atoms with E-state index < -0.39 is 30.1 Å². The summed E-state index contributed by atoms with van der Waals surface area (Å²) < 4.78 is 16.2. The summed E-state index contributed by atoms with van der Waals surface area (Å²) in [5, 5.41) is 0. The highest BCUT2D eigenvalue weighted by atomic mass is 16.7. The maximum atomic E-state index is 12.8. The number of carbonyl (C=O) groups excluding carboxylic acids is 3. The van der Waals surface area contributed by atoms with E-state index in [0.29, 0.717) is 5.56 Å². The molecule has 0 aliphatic rings. The number of benzene rings is 3. The first-order chi connectivity index (χ1) is 16.4. The molecule has 8 heteroatoms. The van der Waals surface area contributed by atoms with Gasteiger partial charge in [0.25, 0.3) is 0 Å². The van der Waals surface area contributed by atoms with Gasteiger partial charge in [0.05, 0.1) is 6.42 Å². The van der Waals surface area contributed by atoms with Crippen LogP contribution in [0.5, 0.6) is 11.5 Å². The zero-order chi connectivity index (χ0) is 24.5. The monoisotopic (exact) mass is 463 g/mol. The van der Waals surface area contributed by atoms with Crippen molar-refractivity contribution in [2.24, 2.45) is 5.90 Å². The summed E-state index contributed by atoms with van der Waals surface area (Å²) in [4.78, 5) is 40.8. The molecule has 0 amide bonds. The predicted octanol–water partition coefficient (Wildman–Crippen LogP) is 3.67. The van der Waals surface area contributed by atoms with Gasteiger partial charge in [-0.1, -0.05) is 66.7 Å². The number of carbonyl (C=O) groups is 3. The Labute approximate surface area is 197 Å². The molecule has 3 aromatic carbocycles. The van der Waals surface area contributed by atoms with Crippen LogP contribution in [0.15, 0.2) is 78.9 Å². The van der Waals surface area contributed by atoms with Gasteiger partial charge in [-0.15, -0.1) is 0 Å². The van der Waals surface area contributed by atoms with Gasteiger partial charge < -0.3 is 14.2 Å². The Morgan fingerprint density at radius 1 is 0.824 bits per heavy atom. The van der Waals surface area contributed by atoms with Crippen LogP contribution >= 0.6 is 0 Å². The van der Waals surface area contributed by atoms with Crippen LogP contribution in [0.1, 0.15) is 36.6 Å². The highest BCUT2D eigenvalue weighted by Crippen LogP contribution is 2.31. The molecular formula is C26H25NO7. The van der Waals surface area contributed by atoms with E-state index in [9.17, 15) is 14.4 Å². The fourth-order valence-electron chi connectivity index (χ4n) is 3.15. The quantitative estimate of drug-likeness (QED) is 0.290. The van der Waals surface area contributed by atoms with Crippen molar-refractivity contribution in [1.29, 1.82) is 0 Å². The Hall–Kier alpha value is -4.01. The van der Waals surface area contributed by atoms with E-state index in [1.165, 1.54) is 26.0 Å². The van der Waals surface area contributed by atoms with E-state index in [1.807, 2.05) is 60.7 Å². The molecule has 0 radical (unpaired) electrons. The molecule has 0 fully saturated rings. The number of nitrogens with two attached hydrogens (primary N) is 1. The van der Waals surface area contributed by atoms with Gasteiger partial charge in [-0.3, -0.25) is 14.4 Å². The molecule has 2 N–H and O–H groups in total. The molecule has 34 heavy (non-hydrogen) atoms. The van der Waals surface area contributed by atoms with Crippen molar-refractivity contribution in [3.05, 3.63) is 95.6 Å². The Bertz CT molecular complexity index is 1090. The average molecular weight is 463 g/mol. The van der Waals surface area contributed by atoms with Gasteiger partial charge in [-0.25, -0.2) is 10.7 Å². The second-order valence-electron chi connectivity index (χ2n) is 7.44. The van der Waals surface area contributed by atoms with Crippen molar-refractivity contribution < 1.29 is 33.4 Å². The predicted molar refractivity (Wildman–Crippen MR) is 123 cm³/mol. The Morgan fingerprint density at radius 3 is 1.94 bits per heavy atom. The molecule has 0 saturated carbocycles. The standard InChI is InChI=1S/C26H25NO7/c1-17(34-27)26(30)32-22-14-13-19(15-23(22)31-18(2)28)16-24(29)33-25(20-9-5-3-6-10-20)21-11-7-4-8-12-21/h3-15,17,25H,16,27H2,1-2H3. The van der Waals surface area contributed by atoms with Gasteiger partial charge in [0.2, 0.25) is 0 Å². The van der Waals surface area contributed by atoms with Crippen molar-refractivity contribution in [1.82, 2.24) is 0 Å². The van der Waals surface area contributed by atoms with Crippen molar-refractivity contribution >= 4 is 17.9 Å². The van der Waals surface area contributed by atoms with Crippen LogP contribution in [0.4, 0.5) is 0 Å². The zero-order valence-corrected chi connectivity index (χ0v) is 18.8.